The quantitative estimate of drug-likeness (QED) is 0.756. The van der Waals surface area contributed by atoms with Crippen LogP contribution in [0.3, 0.4) is 0 Å². The molecule has 0 radical (unpaired) electrons. The average molecular weight is 334 g/mol. The minimum absolute atomic E-state index is 0.446. The fourth-order valence-corrected chi connectivity index (χ4v) is 2.73. The highest BCUT2D eigenvalue weighted by Gasteiger charge is 2.14. The van der Waals surface area contributed by atoms with E-state index in [-0.39, 0.29) is 0 Å². The number of aromatic nitrogens is 1. The first-order chi connectivity index (χ1) is 9.54. The van der Waals surface area contributed by atoms with Crippen molar-refractivity contribution < 1.29 is 9.52 Å². The maximum atomic E-state index is 11.1. The molecule has 0 bridgehead atoms. The Labute approximate surface area is 123 Å². The van der Waals surface area contributed by atoms with E-state index in [4.69, 9.17) is 4.42 Å². The van der Waals surface area contributed by atoms with Gasteiger partial charge in [0.25, 0.3) is 0 Å². The number of oxazole rings is 1. The van der Waals surface area contributed by atoms with Crippen molar-refractivity contribution in [2.24, 2.45) is 0 Å². The van der Waals surface area contributed by atoms with Crippen molar-refractivity contribution in [3.05, 3.63) is 68.1 Å². The third kappa shape index (κ3) is 2.30. The molecule has 0 spiro atoms. The first-order valence-corrected chi connectivity index (χ1v) is 6.91. The zero-order valence-electron chi connectivity index (χ0n) is 10.7. The predicted octanol–water partition coefficient (Wildman–Crippen LogP) is 3.27. The van der Waals surface area contributed by atoms with Crippen LogP contribution < -0.4 is 5.76 Å². The molecule has 1 unspecified atom stereocenters. The molecule has 0 aliphatic carbocycles. The molecule has 5 heteroatoms. The molecule has 20 heavy (non-hydrogen) atoms. The van der Waals surface area contributed by atoms with Crippen LogP contribution in [0.4, 0.5) is 0 Å². The van der Waals surface area contributed by atoms with Gasteiger partial charge in [0, 0.05) is 4.47 Å². The van der Waals surface area contributed by atoms with Crippen LogP contribution in [-0.2, 0) is 0 Å². The number of aromatic amines is 1. The maximum Gasteiger partial charge on any atom is 0.417 e. The highest BCUT2D eigenvalue weighted by molar-refractivity contribution is 9.10. The first-order valence-electron chi connectivity index (χ1n) is 6.11. The van der Waals surface area contributed by atoms with Gasteiger partial charge in [0.1, 0.15) is 6.10 Å². The third-order valence-corrected chi connectivity index (χ3v) is 3.78. The number of hydrogen-bond donors (Lipinski definition) is 2. The summed E-state index contributed by atoms with van der Waals surface area (Å²) in [5.74, 6) is -0.494. The Morgan fingerprint density at radius 1 is 1.25 bits per heavy atom. The van der Waals surface area contributed by atoms with Gasteiger partial charge < -0.3 is 9.52 Å². The standard InChI is InChI=1S/C15H12BrNO3/c1-8-6-10(16)3-4-11(8)14(18)9-2-5-12-13(7-9)20-15(19)17-12/h2-7,14,18H,1H3,(H,17,19). The predicted molar refractivity (Wildman–Crippen MR) is 79.8 cm³/mol. The summed E-state index contributed by atoms with van der Waals surface area (Å²) in [6.45, 7) is 1.94. The molecule has 2 aromatic carbocycles. The molecule has 0 saturated carbocycles. The largest absolute Gasteiger partial charge is 0.417 e. The molecule has 0 fully saturated rings. The van der Waals surface area contributed by atoms with Crippen molar-refractivity contribution in [2.45, 2.75) is 13.0 Å². The zero-order chi connectivity index (χ0) is 14.3. The molecule has 0 amide bonds. The van der Waals surface area contributed by atoms with Crippen LogP contribution in [0.5, 0.6) is 0 Å². The molecule has 0 aliphatic rings. The Morgan fingerprint density at radius 2 is 2.05 bits per heavy atom. The third-order valence-electron chi connectivity index (χ3n) is 3.29. The first kappa shape index (κ1) is 13.1. The van der Waals surface area contributed by atoms with E-state index in [0.29, 0.717) is 16.7 Å². The van der Waals surface area contributed by atoms with E-state index in [2.05, 4.69) is 20.9 Å². The van der Waals surface area contributed by atoms with Gasteiger partial charge in [0.05, 0.1) is 5.52 Å². The summed E-state index contributed by atoms with van der Waals surface area (Å²) in [4.78, 5) is 13.7. The van der Waals surface area contributed by atoms with Gasteiger partial charge in [-0.2, -0.15) is 0 Å². The molecule has 1 atom stereocenters. The zero-order valence-corrected chi connectivity index (χ0v) is 12.3. The van der Waals surface area contributed by atoms with E-state index < -0.39 is 11.9 Å². The Kier molecular flexibility index (Phi) is 3.23. The molecular weight excluding hydrogens is 322 g/mol. The monoisotopic (exact) mass is 333 g/mol. The van der Waals surface area contributed by atoms with Crippen LogP contribution in [0.15, 0.2) is 50.1 Å². The second kappa shape index (κ2) is 4.92. The van der Waals surface area contributed by atoms with Crippen LogP contribution >= 0.6 is 15.9 Å². The summed E-state index contributed by atoms with van der Waals surface area (Å²) in [6.07, 6.45) is -0.757. The second-order valence-corrected chi connectivity index (χ2v) is 5.59. The SMILES string of the molecule is Cc1cc(Br)ccc1C(O)c1ccc2[nH]c(=O)oc2c1. The number of benzene rings is 2. The van der Waals surface area contributed by atoms with Gasteiger partial charge >= 0.3 is 5.76 Å². The fourth-order valence-electron chi connectivity index (χ4n) is 2.26. The molecule has 1 heterocycles. The number of rotatable bonds is 2. The highest BCUT2D eigenvalue weighted by atomic mass is 79.9. The lowest BCUT2D eigenvalue weighted by atomic mass is 9.97. The van der Waals surface area contributed by atoms with E-state index in [1.165, 1.54) is 0 Å². The van der Waals surface area contributed by atoms with E-state index in [9.17, 15) is 9.90 Å². The lowest BCUT2D eigenvalue weighted by Crippen LogP contribution is -2.01. The molecular formula is C15H12BrNO3. The van der Waals surface area contributed by atoms with E-state index in [1.807, 2.05) is 25.1 Å². The Balaban J connectivity index is 2.06. The van der Waals surface area contributed by atoms with E-state index in [1.54, 1.807) is 18.2 Å². The number of hydrogen-bond acceptors (Lipinski definition) is 3. The number of H-pyrrole nitrogens is 1. The number of aliphatic hydroxyl groups is 1. The van der Waals surface area contributed by atoms with E-state index in [0.717, 1.165) is 15.6 Å². The van der Waals surface area contributed by atoms with Gasteiger partial charge in [0.2, 0.25) is 0 Å². The summed E-state index contributed by atoms with van der Waals surface area (Å²) in [6, 6.07) is 10.9. The van der Waals surface area contributed by atoms with Gasteiger partial charge in [-0.05, 0) is 47.9 Å². The minimum atomic E-state index is -0.757. The number of halogens is 1. The van der Waals surface area contributed by atoms with Gasteiger partial charge in [-0.15, -0.1) is 0 Å². The smallest absolute Gasteiger partial charge is 0.408 e. The van der Waals surface area contributed by atoms with Crippen LogP contribution in [0, 0.1) is 6.92 Å². The molecule has 4 nitrogen and oxygen atoms in total. The minimum Gasteiger partial charge on any atom is -0.408 e. The summed E-state index contributed by atoms with van der Waals surface area (Å²) in [7, 11) is 0. The van der Waals surface area contributed by atoms with Crippen molar-refractivity contribution in [2.75, 3.05) is 0 Å². The molecule has 0 aliphatic heterocycles. The Morgan fingerprint density at radius 3 is 2.80 bits per heavy atom. The molecule has 0 saturated heterocycles. The molecule has 1 aromatic heterocycles. The van der Waals surface area contributed by atoms with Gasteiger partial charge in [-0.1, -0.05) is 28.1 Å². The summed E-state index contributed by atoms with van der Waals surface area (Å²) >= 11 is 3.40. The molecule has 3 aromatic rings. The van der Waals surface area contributed by atoms with Crippen LogP contribution in [-0.4, -0.2) is 10.1 Å². The summed E-state index contributed by atoms with van der Waals surface area (Å²) in [5, 5.41) is 10.5. The number of nitrogens with one attached hydrogen (secondary N) is 1. The lowest BCUT2D eigenvalue weighted by molar-refractivity contribution is 0.219. The highest BCUT2D eigenvalue weighted by Crippen LogP contribution is 2.28. The second-order valence-electron chi connectivity index (χ2n) is 4.67. The van der Waals surface area contributed by atoms with Gasteiger partial charge in [0.15, 0.2) is 5.58 Å². The number of fused-ring (bicyclic) bond motifs is 1. The van der Waals surface area contributed by atoms with Gasteiger partial charge in [-0.3, -0.25) is 4.98 Å². The molecule has 3 rings (SSSR count). The van der Waals surface area contributed by atoms with Gasteiger partial charge in [-0.25, -0.2) is 4.79 Å². The van der Waals surface area contributed by atoms with Crippen molar-refractivity contribution in [3.8, 4) is 0 Å². The topological polar surface area (TPSA) is 66.2 Å². The van der Waals surface area contributed by atoms with Crippen LogP contribution in [0.2, 0.25) is 0 Å². The number of aliphatic hydroxyl groups excluding tert-OH is 1. The lowest BCUT2D eigenvalue weighted by Gasteiger charge is -2.14. The molecule has 2 N–H and O–H groups in total. The average Bonchev–Trinajstić information content (AvgIpc) is 2.77. The fraction of sp³-hybridized carbons (Fsp3) is 0.133. The van der Waals surface area contributed by atoms with Crippen molar-refractivity contribution in [3.63, 3.8) is 0 Å². The number of aryl methyl sites for hydroxylation is 1. The summed E-state index contributed by atoms with van der Waals surface area (Å²) in [5.41, 5.74) is 3.57. The van der Waals surface area contributed by atoms with Crippen molar-refractivity contribution >= 4 is 27.0 Å². The Hall–Kier alpha value is -1.85. The van der Waals surface area contributed by atoms with Crippen molar-refractivity contribution in [1.29, 1.82) is 0 Å². The van der Waals surface area contributed by atoms with Crippen LogP contribution in [0.25, 0.3) is 11.1 Å². The normalized spacial score (nSPS) is 12.8. The van der Waals surface area contributed by atoms with Crippen molar-refractivity contribution in [1.82, 2.24) is 4.98 Å². The maximum absolute atomic E-state index is 11.1. The van der Waals surface area contributed by atoms with Crippen LogP contribution in [0.1, 0.15) is 22.8 Å². The Bertz CT molecular complexity index is 834. The van der Waals surface area contributed by atoms with E-state index >= 15 is 0 Å². The summed E-state index contributed by atoms with van der Waals surface area (Å²) < 4.78 is 5.98. The molecule has 102 valence electrons.